The van der Waals surface area contributed by atoms with Gasteiger partial charge < -0.3 is 10.2 Å². The van der Waals surface area contributed by atoms with Gasteiger partial charge in [-0.1, -0.05) is 42.5 Å². The number of aliphatic hydroxyl groups excluding tert-OH is 1. The second-order valence-electron chi connectivity index (χ2n) is 2.84. The van der Waals surface area contributed by atoms with E-state index in [-0.39, 0.29) is 0 Å². The van der Waals surface area contributed by atoms with Gasteiger partial charge in [-0.25, -0.2) is 4.79 Å². The first kappa shape index (κ1) is 13.4. The van der Waals surface area contributed by atoms with Crippen LogP contribution in [0.15, 0.2) is 48.6 Å². The third kappa shape index (κ3) is 10.3. The summed E-state index contributed by atoms with van der Waals surface area (Å²) in [5.41, 5.74) is 0. The zero-order chi connectivity index (χ0) is 11.5. The Bertz CT molecular complexity index is 285. The minimum atomic E-state index is -0.966. The smallest absolute Gasteiger partial charge is 0.328 e. The van der Waals surface area contributed by atoms with Crippen LogP contribution < -0.4 is 0 Å². The maximum atomic E-state index is 10.1. The number of rotatable bonds is 6. The Balaban J connectivity index is 3.75. The van der Waals surface area contributed by atoms with E-state index in [0.717, 1.165) is 6.08 Å². The summed E-state index contributed by atoms with van der Waals surface area (Å²) in [5, 5.41) is 17.5. The molecule has 0 aromatic carbocycles. The van der Waals surface area contributed by atoms with Crippen LogP contribution in [0.1, 0.15) is 13.3 Å². The molecule has 15 heavy (non-hydrogen) atoms. The van der Waals surface area contributed by atoms with Crippen molar-refractivity contribution in [2.75, 3.05) is 0 Å². The Hall–Kier alpha value is -1.61. The maximum absolute atomic E-state index is 10.1. The number of allylic oxidation sites excluding steroid dienone is 5. The van der Waals surface area contributed by atoms with E-state index in [1.807, 2.05) is 13.0 Å². The van der Waals surface area contributed by atoms with Gasteiger partial charge in [0.25, 0.3) is 0 Å². The van der Waals surface area contributed by atoms with Crippen molar-refractivity contribution in [2.24, 2.45) is 0 Å². The van der Waals surface area contributed by atoms with Crippen molar-refractivity contribution in [3.8, 4) is 0 Å². The molecule has 0 aromatic rings. The number of carboxylic acid groups (broad SMARTS) is 1. The van der Waals surface area contributed by atoms with E-state index in [1.165, 1.54) is 6.08 Å². The van der Waals surface area contributed by atoms with Gasteiger partial charge in [-0.2, -0.15) is 0 Å². The molecule has 0 heterocycles. The van der Waals surface area contributed by atoms with E-state index >= 15 is 0 Å². The van der Waals surface area contributed by atoms with Crippen molar-refractivity contribution >= 4 is 5.97 Å². The fraction of sp³-hybridized carbons (Fsp3) is 0.250. The molecule has 0 fully saturated rings. The van der Waals surface area contributed by atoms with Crippen molar-refractivity contribution in [2.45, 2.75) is 19.4 Å². The van der Waals surface area contributed by atoms with E-state index in [9.17, 15) is 9.90 Å². The first-order chi connectivity index (χ1) is 7.16. The third-order valence-electron chi connectivity index (χ3n) is 1.50. The highest BCUT2D eigenvalue weighted by molar-refractivity contribution is 5.80. The number of carboxylic acids is 1. The lowest BCUT2D eigenvalue weighted by Crippen LogP contribution is -1.98. The second-order valence-corrected chi connectivity index (χ2v) is 2.84. The lowest BCUT2D eigenvalue weighted by atomic mass is 10.2. The van der Waals surface area contributed by atoms with E-state index in [4.69, 9.17) is 5.11 Å². The fourth-order valence-corrected chi connectivity index (χ4v) is 0.863. The lowest BCUT2D eigenvalue weighted by molar-refractivity contribution is -0.131. The van der Waals surface area contributed by atoms with Crippen molar-refractivity contribution in [3.63, 3.8) is 0 Å². The van der Waals surface area contributed by atoms with Gasteiger partial charge in [0.1, 0.15) is 0 Å². The molecule has 1 atom stereocenters. The van der Waals surface area contributed by atoms with Gasteiger partial charge in [0.15, 0.2) is 0 Å². The highest BCUT2D eigenvalue weighted by Crippen LogP contribution is 1.95. The molecule has 0 aliphatic heterocycles. The SMILES string of the molecule is C/C=C/[C@@H](O)C/C=C/C=C/C=C\C(=O)O. The van der Waals surface area contributed by atoms with E-state index in [0.29, 0.717) is 6.42 Å². The highest BCUT2D eigenvalue weighted by Gasteiger charge is 1.91. The number of carbonyl (C=O) groups is 1. The molecular formula is C12H16O3. The largest absolute Gasteiger partial charge is 0.478 e. The molecule has 0 aliphatic carbocycles. The summed E-state index contributed by atoms with van der Waals surface area (Å²) in [4.78, 5) is 10.1. The van der Waals surface area contributed by atoms with Crippen LogP contribution in [0.5, 0.6) is 0 Å². The normalized spacial score (nSPS) is 14.8. The number of hydrogen-bond acceptors (Lipinski definition) is 2. The molecule has 3 heteroatoms. The van der Waals surface area contributed by atoms with Crippen LogP contribution in [0.25, 0.3) is 0 Å². The molecule has 3 nitrogen and oxygen atoms in total. The van der Waals surface area contributed by atoms with E-state index < -0.39 is 12.1 Å². The van der Waals surface area contributed by atoms with Crippen LogP contribution in [0.3, 0.4) is 0 Å². The minimum absolute atomic E-state index is 0.450. The molecule has 0 saturated heterocycles. The Morgan fingerprint density at radius 3 is 2.53 bits per heavy atom. The molecule has 82 valence electrons. The molecule has 0 radical (unpaired) electrons. The summed E-state index contributed by atoms with van der Waals surface area (Å²) in [6.07, 6.45) is 13.0. The van der Waals surface area contributed by atoms with Gasteiger partial charge in [-0.15, -0.1) is 0 Å². The summed E-state index contributed by atoms with van der Waals surface area (Å²) >= 11 is 0. The van der Waals surface area contributed by atoms with Crippen molar-refractivity contribution in [1.29, 1.82) is 0 Å². The Kier molecular flexibility index (Phi) is 8.00. The first-order valence-electron chi connectivity index (χ1n) is 4.70. The predicted octanol–water partition coefficient (Wildman–Crippen LogP) is 2.07. The van der Waals surface area contributed by atoms with Gasteiger partial charge in [0, 0.05) is 6.08 Å². The molecule has 0 amide bonds. The predicted molar refractivity (Wildman–Crippen MR) is 60.5 cm³/mol. The summed E-state index contributed by atoms with van der Waals surface area (Å²) in [6.45, 7) is 1.85. The summed E-state index contributed by atoms with van der Waals surface area (Å²) in [6, 6.07) is 0. The molecule has 0 aliphatic rings. The van der Waals surface area contributed by atoms with Gasteiger partial charge in [-0.05, 0) is 13.3 Å². The number of hydrogen-bond donors (Lipinski definition) is 2. The van der Waals surface area contributed by atoms with Crippen LogP contribution in [-0.4, -0.2) is 22.3 Å². The summed E-state index contributed by atoms with van der Waals surface area (Å²) < 4.78 is 0. The zero-order valence-electron chi connectivity index (χ0n) is 8.71. The molecule has 0 spiro atoms. The second kappa shape index (κ2) is 8.97. The van der Waals surface area contributed by atoms with Crippen LogP contribution in [0.4, 0.5) is 0 Å². The molecule has 2 N–H and O–H groups in total. The molecular weight excluding hydrogens is 192 g/mol. The maximum Gasteiger partial charge on any atom is 0.328 e. The monoisotopic (exact) mass is 208 g/mol. The third-order valence-corrected chi connectivity index (χ3v) is 1.50. The van der Waals surface area contributed by atoms with Crippen LogP contribution in [-0.2, 0) is 4.79 Å². The van der Waals surface area contributed by atoms with Gasteiger partial charge in [-0.3, -0.25) is 0 Å². The van der Waals surface area contributed by atoms with Crippen molar-refractivity contribution in [3.05, 3.63) is 48.6 Å². The quantitative estimate of drug-likeness (QED) is 0.399. The minimum Gasteiger partial charge on any atom is -0.478 e. The molecule has 0 saturated carbocycles. The number of aliphatic hydroxyl groups is 1. The molecule has 0 bridgehead atoms. The Morgan fingerprint density at radius 1 is 1.27 bits per heavy atom. The zero-order valence-corrected chi connectivity index (χ0v) is 8.71. The summed E-state index contributed by atoms with van der Waals surface area (Å²) in [5.74, 6) is -0.966. The van der Waals surface area contributed by atoms with Gasteiger partial charge >= 0.3 is 5.97 Å². The van der Waals surface area contributed by atoms with Crippen LogP contribution in [0.2, 0.25) is 0 Å². The van der Waals surface area contributed by atoms with Crippen LogP contribution >= 0.6 is 0 Å². The van der Waals surface area contributed by atoms with E-state index in [2.05, 4.69) is 0 Å². The average Bonchev–Trinajstić information content (AvgIpc) is 2.16. The number of aliphatic carboxylic acids is 1. The van der Waals surface area contributed by atoms with Gasteiger partial charge in [0.05, 0.1) is 6.10 Å². The standard InChI is InChI=1S/C12H16O3/c1-2-8-11(13)9-6-4-3-5-7-10-12(14)15/h2-8,10-11,13H,9H2,1H3,(H,14,15)/b5-3+,6-4+,8-2+,10-7-/t11-/m1/s1. The van der Waals surface area contributed by atoms with Crippen LogP contribution in [0, 0.1) is 0 Å². The molecule has 0 unspecified atom stereocenters. The van der Waals surface area contributed by atoms with Gasteiger partial charge in [0.2, 0.25) is 0 Å². The molecule has 0 rings (SSSR count). The Labute approximate surface area is 89.7 Å². The average molecular weight is 208 g/mol. The summed E-state index contributed by atoms with van der Waals surface area (Å²) in [7, 11) is 0. The van der Waals surface area contributed by atoms with Crippen molar-refractivity contribution in [1.82, 2.24) is 0 Å². The topological polar surface area (TPSA) is 57.5 Å². The lowest BCUT2D eigenvalue weighted by Gasteiger charge is -1.97. The van der Waals surface area contributed by atoms with Crippen molar-refractivity contribution < 1.29 is 15.0 Å². The molecule has 0 aromatic heterocycles. The highest BCUT2D eigenvalue weighted by atomic mass is 16.4. The van der Waals surface area contributed by atoms with E-state index in [1.54, 1.807) is 30.4 Å². The first-order valence-corrected chi connectivity index (χ1v) is 4.70. The Morgan fingerprint density at radius 2 is 1.93 bits per heavy atom. The fourth-order valence-electron chi connectivity index (χ4n) is 0.863.